The van der Waals surface area contributed by atoms with Crippen LogP contribution in [0, 0.1) is 11.8 Å². The van der Waals surface area contributed by atoms with Crippen molar-refractivity contribution in [1.82, 2.24) is 5.32 Å². The minimum atomic E-state index is -3.95. The molecule has 0 fully saturated rings. The number of carbonyl (C=O) groups excluding carboxylic acids is 2. The maximum atomic E-state index is 13.5. The van der Waals surface area contributed by atoms with Gasteiger partial charge in [0.25, 0.3) is 5.91 Å². The van der Waals surface area contributed by atoms with Crippen molar-refractivity contribution in [3.05, 3.63) is 0 Å². The molecule has 5 nitrogen and oxygen atoms in total. The number of hydrogen-bond acceptors (Lipinski definition) is 3. The lowest BCUT2D eigenvalue weighted by Gasteiger charge is -2.30. The van der Waals surface area contributed by atoms with Crippen molar-refractivity contribution in [2.45, 2.75) is 32.3 Å². The number of alkyl halides is 2. The number of halogens is 2. The molecule has 0 aliphatic carbocycles. The topological polar surface area (TPSA) is 92.4 Å². The van der Waals surface area contributed by atoms with Crippen LogP contribution in [0.15, 0.2) is 0 Å². The molecule has 0 aromatic carbocycles. The Balaban J connectivity index is 5.00. The molecule has 0 saturated carbocycles. The van der Waals surface area contributed by atoms with Crippen LogP contribution in [-0.4, -0.2) is 36.0 Å². The second-order valence-corrected chi connectivity index (χ2v) is 4.23. The molecule has 4 N–H and O–H groups in total. The quantitative estimate of drug-likeness (QED) is 0.615. The van der Waals surface area contributed by atoms with E-state index in [9.17, 15) is 23.5 Å². The number of rotatable bonds is 6. The van der Waals surface area contributed by atoms with Gasteiger partial charge in [-0.05, 0) is 5.92 Å². The zero-order valence-electron chi connectivity index (χ0n) is 10.0. The molecule has 7 heteroatoms. The summed E-state index contributed by atoms with van der Waals surface area (Å²) < 4.78 is 26.9. The van der Waals surface area contributed by atoms with E-state index in [4.69, 9.17) is 5.73 Å². The van der Waals surface area contributed by atoms with Crippen LogP contribution < -0.4 is 11.1 Å². The van der Waals surface area contributed by atoms with Gasteiger partial charge in [-0.15, -0.1) is 0 Å². The number of nitrogens with two attached hydrogens (primary N) is 1. The highest BCUT2D eigenvalue weighted by molar-refractivity contribution is 5.84. The van der Waals surface area contributed by atoms with Gasteiger partial charge in [0.2, 0.25) is 5.91 Å². The molecule has 0 aromatic heterocycles. The highest BCUT2D eigenvalue weighted by Crippen LogP contribution is 2.30. The zero-order valence-corrected chi connectivity index (χ0v) is 10.0. The summed E-state index contributed by atoms with van der Waals surface area (Å²) in [5.41, 5.74) is 4.93. The monoisotopic (exact) mass is 252 g/mol. The van der Waals surface area contributed by atoms with Gasteiger partial charge in [-0.25, -0.2) is 0 Å². The number of aliphatic hydroxyl groups excluding tert-OH is 1. The third-order valence-electron chi connectivity index (χ3n) is 2.60. The van der Waals surface area contributed by atoms with Crippen LogP contribution in [0.25, 0.3) is 0 Å². The molecule has 2 atom stereocenters. The van der Waals surface area contributed by atoms with Crippen LogP contribution in [0.2, 0.25) is 0 Å². The van der Waals surface area contributed by atoms with Gasteiger partial charge in [0.15, 0.2) is 0 Å². The van der Waals surface area contributed by atoms with Crippen LogP contribution >= 0.6 is 0 Å². The van der Waals surface area contributed by atoms with Crippen molar-refractivity contribution in [2.75, 3.05) is 7.05 Å². The molecule has 0 aliphatic rings. The maximum Gasteiger partial charge on any atom is 0.349 e. The summed E-state index contributed by atoms with van der Waals surface area (Å²) in [4.78, 5) is 21.7. The van der Waals surface area contributed by atoms with Crippen LogP contribution in [-0.2, 0) is 9.59 Å². The van der Waals surface area contributed by atoms with Gasteiger partial charge < -0.3 is 16.2 Å². The fourth-order valence-corrected chi connectivity index (χ4v) is 1.51. The molecule has 0 bridgehead atoms. The van der Waals surface area contributed by atoms with Crippen molar-refractivity contribution in [3.63, 3.8) is 0 Å². The molecule has 0 heterocycles. The van der Waals surface area contributed by atoms with E-state index in [0.29, 0.717) is 0 Å². The van der Waals surface area contributed by atoms with E-state index in [1.807, 2.05) is 0 Å². The molecule has 17 heavy (non-hydrogen) atoms. The molecule has 0 radical (unpaired) electrons. The lowest BCUT2D eigenvalue weighted by Crippen LogP contribution is -2.51. The predicted molar refractivity (Wildman–Crippen MR) is 57.2 cm³/mol. The summed E-state index contributed by atoms with van der Waals surface area (Å²) in [5, 5.41) is 11.3. The van der Waals surface area contributed by atoms with Crippen LogP contribution in [0.3, 0.4) is 0 Å². The average Bonchev–Trinajstić information content (AvgIpc) is 2.22. The molecule has 0 aliphatic heterocycles. The summed E-state index contributed by atoms with van der Waals surface area (Å²) in [6.45, 7) is 3.13. The van der Waals surface area contributed by atoms with Gasteiger partial charge in [0, 0.05) is 19.4 Å². The Bertz CT molecular complexity index is 295. The van der Waals surface area contributed by atoms with E-state index in [0.717, 1.165) is 7.05 Å². The molecular formula is C10H18F2N2O3. The molecular weight excluding hydrogens is 234 g/mol. The van der Waals surface area contributed by atoms with Gasteiger partial charge in [-0.1, -0.05) is 13.8 Å². The summed E-state index contributed by atoms with van der Waals surface area (Å²) in [7, 11) is 1.04. The lowest BCUT2D eigenvalue weighted by molar-refractivity contribution is -0.173. The smallest absolute Gasteiger partial charge is 0.349 e. The van der Waals surface area contributed by atoms with E-state index in [1.54, 1.807) is 19.2 Å². The first-order chi connectivity index (χ1) is 7.64. The van der Waals surface area contributed by atoms with E-state index in [2.05, 4.69) is 0 Å². The van der Waals surface area contributed by atoms with Crippen molar-refractivity contribution in [2.24, 2.45) is 17.6 Å². The highest BCUT2D eigenvalue weighted by atomic mass is 19.3. The van der Waals surface area contributed by atoms with Gasteiger partial charge in [-0.3, -0.25) is 9.59 Å². The SMILES string of the molecule is CNC(=O)C(F)(F)C(O)C(CC(N)=O)C(C)C. The van der Waals surface area contributed by atoms with Crippen LogP contribution in [0.4, 0.5) is 8.78 Å². The molecule has 0 spiro atoms. The number of nitrogens with one attached hydrogen (secondary N) is 1. The van der Waals surface area contributed by atoms with Gasteiger partial charge in [0.05, 0.1) is 0 Å². The average molecular weight is 252 g/mol. The molecule has 0 rings (SSSR count). The molecule has 0 aromatic rings. The Labute approximate surface area is 98.4 Å². The number of aliphatic hydroxyl groups is 1. The van der Waals surface area contributed by atoms with E-state index in [1.165, 1.54) is 0 Å². The molecule has 2 unspecified atom stereocenters. The largest absolute Gasteiger partial charge is 0.386 e. The summed E-state index contributed by atoms with van der Waals surface area (Å²) >= 11 is 0. The minimum absolute atomic E-state index is 0.397. The third-order valence-corrected chi connectivity index (χ3v) is 2.60. The fourth-order valence-electron chi connectivity index (χ4n) is 1.51. The lowest BCUT2D eigenvalue weighted by atomic mass is 9.84. The Kier molecular flexibility index (Phi) is 5.47. The van der Waals surface area contributed by atoms with Gasteiger partial charge in [0.1, 0.15) is 6.10 Å². The molecule has 0 saturated heterocycles. The van der Waals surface area contributed by atoms with E-state index >= 15 is 0 Å². The highest BCUT2D eigenvalue weighted by Gasteiger charge is 2.50. The first-order valence-corrected chi connectivity index (χ1v) is 5.20. The summed E-state index contributed by atoms with van der Waals surface area (Å²) in [6, 6.07) is 0. The van der Waals surface area contributed by atoms with Crippen LogP contribution in [0.1, 0.15) is 20.3 Å². The Morgan fingerprint density at radius 3 is 2.18 bits per heavy atom. The van der Waals surface area contributed by atoms with Gasteiger partial charge >= 0.3 is 5.92 Å². The zero-order chi connectivity index (χ0) is 13.8. The second kappa shape index (κ2) is 5.90. The first-order valence-electron chi connectivity index (χ1n) is 5.20. The second-order valence-electron chi connectivity index (χ2n) is 4.23. The minimum Gasteiger partial charge on any atom is -0.386 e. The van der Waals surface area contributed by atoms with E-state index in [-0.39, 0.29) is 0 Å². The normalized spacial score (nSPS) is 15.5. The predicted octanol–water partition coefficient (Wildman–Crippen LogP) is -0.124. The molecule has 2 amide bonds. The fraction of sp³-hybridized carbons (Fsp3) is 0.800. The summed E-state index contributed by atoms with van der Waals surface area (Å²) in [6.07, 6.45) is -2.64. The Morgan fingerprint density at radius 2 is 1.88 bits per heavy atom. The van der Waals surface area contributed by atoms with Crippen molar-refractivity contribution in [1.29, 1.82) is 0 Å². The third kappa shape index (κ3) is 3.92. The van der Waals surface area contributed by atoms with E-state index < -0.39 is 42.1 Å². The van der Waals surface area contributed by atoms with Gasteiger partial charge in [-0.2, -0.15) is 8.78 Å². The number of carbonyl (C=O) groups is 2. The number of primary amides is 1. The number of hydrogen-bond donors (Lipinski definition) is 3. The standard InChI is InChI=1S/C10H18F2N2O3/c1-5(2)6(4-7(13)15)8(16)10(11,12)9(17)14-3/h5-6,8,16H,4H2,1-3H3,(H2,13,15)(H,14,17). The van der Waals surface area contributed by atoms with Crippen molar-refractivity contribution < 1.29 is 23.5 Å². The van der Waals surface area contributed by atoms with Crippen molar-refractivity contribution in [3.8, 4) is 0 Å². The maximum absolute atomic E-state index is 13.5. The van der Waals surface area contributed by atoms with Crippen LogP contribution in [0.5, 0.6) is 0 Å². The molecule has 100 valence electrons. The summed E-state index contributed by atoms with van der Waals surface area (Å²) in [5.74, 6) is -7.80. The Hall–Kier alpha value is -1.24. The number of amides is 2. The Morgan fingerprint density at radius 1 is 1.41 bits per heavy atom. The first kappa shape index (κ1) is 15.8. The van der Waals surface area contributed by atoms with Crippen molar-refractivity contribution >= 4 is 11.8 Å².